The molecule has 6 nitrogen and oxygen atoms in total. The van der Waals surface area contributed by atoms with Crippen molar-refractivity contribution in [1.29, 1.82) is 0 Å². The molecule has 1 aromatic carbocycles. The summed E-state index contributed by atoms with van der Waals surface area (Å²) in [6.07, 6.45) is 0.368. The number of benzene rings is 1. The monoisotopic (exact) mass is 297 g/mol. The molecule has 2 N–H and O–H groups in total. The predicted octanol–water partition coefficient (Wildman–Crippen LogP) is 1.92. The molecule has 0 heterocycles. The Balaban J connectivity index is 2.59. The maximum Gasteiger partial charge on any atom is 0.320 e. The number of rotatable bonds is 9. The van der Waals surface area contributed by atoms with Gasteiger partial charge in [0.2, 0.25) is 0 Å². The summed E-state index contributed by atoms with van der Waals surface area (Å²) in [4.78, 5) is 11.1. The molecule has 0 radical (unpaired) electrons. The van der Waals surface area contributed by atoms with Gasteiger partial charge in [0.15, 0.2) is 0 Å². The molecule has 0 aliphatic rings. The zero-order chi connectivity index (χ0) is 15.8. The maximum atomic E-state index is 11.1. The van der Waals surface area contributed by atoms with E-state index in [1.54, 1.807) is 32.4 Å². The first-order valence-electron chi connectivity index (χ1n) is 6.81. The summed E-state index contributed by atoms with van der Waals surface area (Å²) in [5, 5.41) is 12.1. The van der Waals surface area contributed by atoms with Gasteiger partial charge in [0.05, 0.1) is 20.8 Å². The molecule has 0 aliphatic carbocycles. The molecule has 1 unspecified atom stereocenters. The first-order valence-corrected chi connectivity index (χ1v) is 6.81. The van der Waals surface area contributed by atoms with Gasteiger partial charge in [0, 0.05) is 30.7 Å². The van der Waals surface area contributed by atoms with E-state index in [4.69, 9.17) is 19.3 Å². The van der Waals surface area contributed by atoms with Crippen molar-refractivity contribution in [3.05, 3.63) is 18.2 Å². The molecular weight excluding hydrogens is 274 g/mol. The van der Waals surface area contributed by atoms with Crippen molar-refractivity contribution < 1.29 is 24.1 Å². The fraction of sp³-hybridized carbons (Fsp3) is 0.533. The molecule has 0 saturated carbocycles. The van der Waals surface area contributed by atoms with Gasteiger partial charge in [-0.2, -0.15) is 0 Å². The standard InChI is InChI=1S/C15H23NO5/c1-10(2)16-14(15(17)18)5-6-21-13-8-11(19-3)7-12(9-13)20-4/h7-10,14,16H,5-6H2,1-4H3,(H,17,18). The van der Waals surface area contributed by atoms with E-state index in [0.717, 1.165) is 0 Å². The van der Waals surface area contributed by atoms with Gasteiger partial charge >= 0.3 is 5.97 Å². The molecule has 0 aliphatic heterocycles. The lowest BCUT2D eigenvalue weighted by atomic mass is 10.2. The van der Waals surface area contributed by atoms with Crippen LogP contribution in [0.4, 0.5) is 0 Å². The van der Waals surface area contributed by atoms with Gasteiger partial charge in [-0.15, -0.1) is 0 Å². The molecule has 0 bridgehead atoms. The van der Waals surface area contributed by atoms with E-state index in [1.807, 2.05) is 13.8 Å². The summed E-state index contributed by atoms with van der Waals surface area (Å²) in [5.41, 5.74) is 0. The summed E-state index contributed by atoms with van der Waals surface area (Å²) in [5.74, 6) is 0.953. The van der Waals surface area contributed by atoms with Gasteiger partial charge in [-0.25, -0.2) is 0 Å². The van der Waals surface area contributed by atoms with Crippen molar-refractivity contribution in [2.75, 3.05) is 20.8 Å². The van der Waals surface area contributed by atoms with E-state index in [9.17, 15) is 4.79 Å². The number of aliphatic carboxylic acids is 1. The van der Waals surface area contributed by atoms with Crippen LogP contribution in [0.2, 0.25) is 0 Å². The second-order valence-corrected chi connectivity index (χ2v) is 4.90. The fourth-order valence-electron chi connectivity index (χ4n) is 1.84. The second-order valence-electron chi connectivity index (χ2n) is 4.90. The van der Waals surface area contributed by atoms with Crippen molar-refractivity contribution >= 4 is 5.97 Å². The molecule has 21 heavy (non-hydrogen) atoms. The van der Waals surface area contributed by atoms with E-state index in [1.165, 1.54) is 0 Å². The third kappa shape index (κ3) is 5.91. The SMILES string of the molecule is COc1cc(OC)cc(OCCC(NC(C)C)C(=O)O)c1. The number of ether oxygens (including phenoxy) is 3. The number of carboxylic acids is 1. The number of nitrogens with one attached hydrogen (secondary N) is 1. The van der Waals surface area contributed by atoms with Crippen LogP contribution in [0, 0.1) is 0 Å². The molecule has 1 rings (SSSR count). The fourth-order valence-corrected chi connectivity index (χ4v) is 1.84. The van der Waals surface area contributed by atoms with Crippen LogP contribution >= 0.6 is 0 Å². The number of hydrogen-bond donors (Lipinski definition) is 2. The molecule has 0 fully saturated rings. The molecule has 1 atom stereocenters. The van der Waals surface area contributed by atoms with Crippen LogP contribution < -0.4 is 19.5 Å². The smallest absolute Gasteiger partial charge is 0.320 e. The zero-order valence-electron chi connectivity index (χ0n) is 12.9. The molecule has 0 amide bonds. The lowest BCUT2D eigenvalue weighted by Crippen LogP contribution is -2.41. The van der Waals surface area contributed by atoms with Crippen LogP contribution in [0.15, 0.2) is 18.2 Å². The van der Waals surface area contributed by atoms with E-state index >= 15 is 0 Å². The Hall–Kier alpha value is -1.95. The highest BCUT2D eigenvalue weighted by Gasteiger charge is 2.18. The average molecular weight is 297 g/mol. The van der Waals surface area contributed by atoms with Gasteiger partial charge in [-0.3, -0.25) is 4.79 Å². The van der Waals surface area contributed by atoms with E-state index in [-0.39, 0.29) is 12.6 Å². The van der Waals surface area contributed by atoms with Crippen molar-refractivity contribution in [1.82, 2.24) is 5.32 Å². The number of carbonyl (C=O) groups is 1. The predicted molar refractivity (Wildman–Crippen MR) is 79.4 cm³/mol. The highest BCUT2D eigenvalue weighted by atomic mass is 16.5. The van der Waals surface area contributed by atoms with Crippen LogP contribution in [0.3, 0.4) is 0 Å². The zero-order valence-corrected chi connectivity index (χ0v) is 12.9. The molecular formula is C15H23NO5. The first kappa shape index (κ1) is 17.1. The van der Waals surface area contributed by atoms with Crippen LogP contribution in [0.1, 0.15) is 20.3 Å². The third-order valence-electron chi connectivity index (χ3n) is 2.83. The Morgan fingerprint density at radius 3 is 2.10 bits per heavy atom. The highest BCUT2D eigenvalue weighted by Crippen LogP contribution is 2.27. The van der Waals surface area contributed by atoms with Gasteiger partial charge in [0.25, 0.3) is 0 Å². The first-order chi connectivity index (χ1) is 9.96. The summed E-state index contributed by atoms with van der Waals surface area (Å²) in [6.45, 7) is 4.10. The quantitative estimate of drug-likeness (QED) is 0.725. The van der Waals surface area contributed by atoms with Gasteiger partial charge in [-0.05, 0) is 0 Å². The maximum absolute atomic E-state index is 11.1. The van der Waals surface area contributed by atoms with Crippen molar-refractivity contribution in [2.24, 2.45) is 0 Å². The Kier molecular flexibility index (Phi) is 6.81. The van der Waals surface area contributed by atoms with E-state index < -0.39 is 12.0 Å². The van der Waals surface area contributed by atoms with E-state index in [2.05, 4.69) is 5.32 Å². The topological polar surface area (TPSA) is 77.0 Å². The third-order valence-corrected chi connectivity index (χ3v) is 2.83. The summed E-state index contributed by atoms with van der Waals surface area (Å²) >= 11 is 0. The second kappa shape index (κ2) is 8.36. The van der Waals surface area contributed by atoms with Gasteiger partial charge in [0.1, 0.15) is 23.3 Å². The molecule has 6 heteroatoms. The lowest BCUT2D eigenvalue weighted by molar-refractivity contribution is -0.140. The molecule has 0 saturated heterocycles. The normalized spacial score (nSPS) is 12.0. The van der Waals surface area contributed by atoms with Crippen LogP contribution in [-0.2, 0) is 4.79 Å². The minimum atomic E-state index is -0.879. The van der Waals surface area contributed by atoms with Gasteiger partial charge in [-0.1, -0.05) is 13.8 Å². The number of carboxylic acid groups (broad SMARTS) is 1. The van der Waals surface area contributed by atoms with Crippen LogP contribution in [0.5, 0.6) is 17.2 Å². The minimum absolute atomic E-state index is 0.100. The van der Waals surface area contributed by atoms with E-state index in [0.29, 0.717) is 23.7 Å². The van der Waals surface area contributed by atoms with Crippen molar-refractivity contribution in [3.8, 4) is 17.2 Å². The average Bonchev–Trinajstić information content (AvgIpc) is 2.45. The largest absolute Gasteiger partial charge is 0.496 e. The Morgan fingerprint density at radius 1 is 1.14 bits per heavy atom. The molecule has 118 valence electrons. The van der Waals surface area contributed by atoms with Crippen molar-refractivity contribution in [2.45, 2.75) is 32.4 Å². The van der Waals surface area contributed by atoms with Gasteiger partial charge < -0.3 is 24.6 Å². The number of hydrogen-bond acceptors (Lipinski definition) is 5. The Bertz CT molecular complexity index is 439. The molecule has 0 aromatic heterocycles. The van der Waals surface area contributed by atoms with Crippen LogP contribution in [-0.4, -0.2) is 44.0 Å². The van der Waals surface area contributed by atoms with Crippen LogP contribution in [0.25, 0.3) is 0 Å². The Morgan fingerprint density at radius 2 is 1.67 bits per heavy atom. The highest BCUT2D eigenvalue weighted by molar-refractivity contribution is 5.73. The molecule has 1 aromatic rings. The summed E-state index contributed by atoms with van der Waals surface area (Å²) < 4.78 is 15.9. The minimum Gasteiger partial charge on any atom is -0.496 e. The summed E-state index contributed by atoms with van der Waals surface area (Å²) in [7, 11) is 3.12. The summed E-state index contributed by atoms with van der Waals surface area (Å²) in [6, 6.07) is 4.68. The number of methoxy groups -OCH3 is 2. The van der Waals surface area contributed by atoms with Crippen molar-refractivity contribution in [3.63, 3.8) is 0 Å². The Labute approximate surface area is 125 Å². The molecule has 0 spiro atoms. The lowest BCUT2D eigenvalue weighted by Gasteiger charge is -2.17.